The van der Waals surface area contributed by atoms with Gasteiger partial charge in [0.25, 0.3) is 0 Å². The van der Waals surface area contributed by atoms with E-state index in [-0.39, 0.29) is 0 Å². The molecule has 2 nitrogen and oxygen atoms in total. The number of methoxy groups -OCH3 is 1. The van der Waals surface area contributed by atoms with Crippen LogP contribution in [0.1, 0.15) is 17.5 Å². The van der Waals surface area contributed by atoms with Gasteiger partial charge >= 0.3 is 0 Å². The Hall–Kier alpha value is -0.670. The minimum Gasteiger partial charge on any atom is -0.496 e. The lowest BCUT2D eigenvalue weighted by Crippen LogP contribution is -2.03. The second-order valence-electron chi connectivity index (χ2n) is 3.49. The maximum Gasteiger partial charge on any atom is 0.126 e. The molecule has 0 spiro atoms. The Kier molecular flexibility index (Phi) is 4.99. The van der Waals surface area contributed by atoms with Crippen molar-refractivity contribution in [2.75, 3.05) is 19.9 Å². The number of ether oxygens (including phenoxy) is 1. The Labute approximate surface area is 96.2 Å². The topological polar surface area (TPSA) is 35.2 Å². The molecule has 1 aromatic carbocycles. The molecule has 0 radical (unpaired) electrons. The molecule has 0 saturated carbocycles. The normalized spacial score (nSPS) is 10.4. The highest BCUT2D eigenvalue weighted by Crippen LogP contribution is 2.32. The van der Waals surface area contributed by atoms with E-state index < -0.39 is 0 Å². The van der Waals surface area contributed by atoms with Crippen LogP contribution in [-0.4, -0.2) is 19.9 Å². The van der Waals surface area contributed by atoms with Crippen LogP contribution in [0.15, 0.2) is 17.0 Å². The lowest BCUT2D eigenvalue weighted by atomic mass is 10.0. The van der Waals surface area contributed by atoms with Gasteiger partial charge in [-0.3, -0.25) is 0 Å². The lowest BCUT2D eigenvalue weighted by molar-refractivity contribution is 0.404. The van der Waals surface area contributed by atoms with Gasteiger partial charge in [0.2, 0.25) is 0 Å². The van der Waals surface area contributed by atoms with Crippen LogP contribution in [0, 0.1) is 6.92 Å². The van der Waals surface area contributed by atoms with Gasteiger partial charge in [0, 0.05) is 10.5 Å². The molecule has 1 rings (SSSR count). The van der Waals surface area contributed by atoms with E-state index in [4.69, 9.17) is 10.5 Å². The summed E-state index contributed by atoms with van der Waals surface area (Å²) in [4.78, 5) is 1.30. The first kappa shape index (κ1) is 12.4. The molecule has 0 heterocycles. The number of benzene rings is 1. The third-order valence-electron chi connectivity index (χ3n) is 2.47. The summed E-state index contributed by atoms with van der Waals surface area (Å²) in [6.45, 7) is 2.81. The number of hydrogen-bond acceptors (Lipinski definition) is 3. The van der Waals surface area contributed by atoms with Crippen molar-refractivity contribution in [1.29, 1.82) is 0 Å². The third-order valence-corrected chi connectivity index (χ3v) is 3.29. The third kappa shape index (κ3) is 2.89. The minimum absolute atomic E-state index is 0.727. The van der Waals surface area contributed by atoms with E-state index in [9.17, 15) is 0 Å². The van der Waals surface area contributed by atoms with Gasteiger partial charge in [0.05, 0.1) is 7.11 Å². The molecule has 0 saturated heterocycles. The fourth-order valence-electron chi connectivity index (χ4n) is 1.72. The molecule has 0 aliphatic heterocycles. The average molecular weight is 225 g/mol. The summed E-state index contributed by atoms with van der Waals surface area (Å²) in [5.74, 6) is 1.02. The first-order valence-corrected chi connectivity index (χ1v) is 6.37. The number of hydrogen-bond donors (Lipinski definition) is 1. The Morgan fingerprint density at radius 3 is 2.67 bits per heavy atom. The van der Waals surface area contributed by atoms with E-state index in [0.29, 0.717) is 0 Å². The molecule has 0 amide bonds. The smallest absolute Gasteiger partial charge is 0.126 e. The second kappa shape index (κ2) is 6.03. The molecule has 0 aromatic heterocycles. The molecule has 3 heteroatoms. The first-order valence-electron chi connectivity index (χ1n) is 5.15. The van der Waals surface area contributed by atoms with Crippen LogP contribution in [0.5, 0.6) is 5.75 Å². The summed E-state index contributed by atoms with van der Waals surface area (Å²) in [6.07, 6.45) is 4.10. The molecule has 0 aliphatic rings. The number of rotatable bonds is 5. The van der Waals surface area contributed by atoms with Gasteiger partial charge in [-0.15, -0.1) is 11.8 Å². The molecule has 0 aliphatic carbocycles. The van der Waals surface area contributed by atoms with Crippen molar-refractivity contribution in [3.8, 4) is 5.75 Å². The van der Waals surface area contributed by atoms with Crippen LogP contribution in [0.4, 0.5) is 0 Å². The van der Waals surface area contributed by atoms with Gasteiger partial charge in [-0.1, -0.05) is 6.07 Å². The molecule has 0 bridgehead atoms. The maximum absolute atomic E-state index is 5.55. The molecular formula is C12H19NOS. The summed E-state index contributed by atoms with van der Waals surface area (Å²) < 4.78 is 5.46. The van der Waals surface area contributed by atoms with E-state index >= 15 is 0 Å². The minimum atomic E-state index is 0.727. The lowest BCUT2D eigenvalue weighted by Gasteiger charge is -2.14. The van der Waals surface area contributed by atoms with Crippen LogP contribution < -0.4 is 10.5 Å². The van der Waals surface area contributed by atoms with Crippen LogP contribution in [0.2, 0.25) is 0 Å². The van der Waals surface area contributed by atoms with Gasteiger partial charge in [0.15, 0.2) is 0 Å². The second-order valence-corrected chi connectivity index (χ2v) is 4.34. The van der Waals surface area contributed by atoms with Gasteiger partial charge in [-0.05, 0) is 44.2 Å². The summed E-state index contributed by atoms with van der Waals surface area (Å²) in [5, 5.41) is 0. The predicted molar refractivity (Wildman–Crippen MR) is 66.9 cm³/mol. The zero-order chi connectivity index (χ0) is 11.3. The highest BCUT2D eigenvalue weighted by Gasteiger charge is 2.10. The van der Waals surface area contributed by atoms with Crippen LogP contribution in [0.3, 0.4) is 0 Å². The van der Waals surface area contributed by atoms with Gasteiger partial charge < -0.3 is 10.5 Å². The van der Waals surface area contributed by atoms with E-state index in [0.717, 1.165) is 25.1 Å². The summed E-state index contributed by atoms with van der Waals surface area (Å²) in [7, 11) is 1.73. The fraction of sp³-hybridized carbons (Fsp3) is 0.500. The SMILES string of the molecule is COc1c(C)ccc(SC)c1CCCN. The maximum atomic E-state index is 5.55. The molecule has 15 heavy (non-hydrogen) atoms. The number of nitrogens with two attached hydrogens (primary N) is 1. The zero-order valence-corrected chi connectivity index (χ0v) is 10.5. The monoisotopic (exact) mass is 225 g/mol. The van der Waals surface area contributed by atoms with Crippen molar-refractivity contribution in [2.45, 2.75) is 24.7 Å². The molecule has 2 N–H and O–H groups in total. The number of aryl methyl sites for hydroxylation is 1. The largest absolute Gasteiger partial charge is 0.496 e. The highest BCUT2D eigenvalue weighted by atomic mass is 32.2. The van der Waals surface area contributed by atoms with Gasteiger partial charge in [-0.2, -0.15) is 0 Å². The van der Waals surface area contributed by atoms with Crippen molar-refractivity contribution < 1.29 is 4.74 Å². The standard InChI is InChI=1S/C12H19NOS/c1-9-6-7-11(15-3)10(5-4-8-13)12(9)14-2/h6-7H,4-5,8,13H2,1-3H3. The van der Waals surface area contributed by atoms with Crippen molar-refractivity contribution in [2.24, 2.45) is 5.73 Å². The quantitative estimate of drug-likeness (QED) is 0.782. The molecule has 84 valence electrons. The molecule has 0 unspecified atom stereocenters. The van der Waals surface area contributed by atoms with Crippen molar-refractivity contribution in [3.63, 3.8) is 0 Å². The van der Waals surface area contributed by atoms with Crippen molar-refractivity contribution in [1.82, 2.24) is 0 Å². The molecule has 0 fully saturated rings. The van der Waals surface area contributed by atoms with E-state index in [1.165, 1.54) is 16.0 Å². The van der Waals surface area contributed by atoms with Crippen LogP contribution >= 0.6 is 11.8 Å². The fourth-order valence-corrected chi connectivity index (χ4v) is 2.36. The number of thioether (sulfide) groups is 1. The average Bonchev–Trinajstić information content (AvgIpc) is 2.26. The zero-order valence-electron chi connectivity index (χ0n) is 9.67. The predicted octanol–water partition coefficient (Wildman–Crippen LogP) is 2.62. The molecular weight excluding hydrogens is 206 g/mol. The summed E-state index contributed by atoms with van der Waals surface area (Å²) in [6, 6.07) is 4.27. The van der Waals surface area contributed by atoms with Crippen LogP contribution in [0.25, 0.3) is 0 Å². The van der Waals surface area contributed by atoms with E-state index in [1.807, 2.05) is 0 Å². The van der Waals surface area contributed by atoms with Gasteiger partial charge in [-0.25, -0.2) is 0 Å². The Morgan fingerprint density at radius 1 is 1.40 bits per heavy atom. The highest BCUT2D eigenvalue weighted by molar-refractivity contribution is 7.98. The molecule has 1 aromatic rings. The first-order chi connectivity index (χ1) is 7.24. The van der Waals surface area contributed by atoms with Gasteiger partial charge in [0.1, 0.15) is 5.75 Å². The Balaban J connectivity index is 3.09. The molecule has 0 atom stereocenters. The van der Waals surface area contributed by atoms with Crippen molar-refractivity contribution in [3.05, 3.63) is 23.3 Å². The van der Waals surface area contributed by atoms with Crippen LogP contribution in [-0.2, 0) is 6.42 Å². The Morgan fingerprint density at radius 2 is 2.13 bits per heavy atom. The van der Waals surface area contributed by atoms with E-state index in [2.05, 4.69) is 25.3 Å². The van der Waals surface area contributed by atoms with Crippen molar-refractivity contribution >= 4 is 11.8 Å². The van der Waals surface area contributed by atoms with E-state index in [1.54, 1.807) is 18.9 Å². The summed E-state index contributed by atoms with van der Waals surface area (Å²) in [5.41, 5.74) is 8.05. The Bertz CT molecular complexity index is 326. The summed E-state index contributed by atoms with van der Waals surface area (Å²) >= 11 is 1.76.